The second-order valence-electron chi connectivity index (χ2n) is 7.62. The number of urea groups is 1. The van der Waals surface area contributed by atoms with Crippen molar-refractivity contribution in [3.05, 3.63) is 24.3 Å². The van der Waals surface area contributed by atoms with Gasteiger partial charge in [-0.1, -0.05) is 44.4 Å². The first-order valence-corrected chi connectivity index (χ1v) is 10.2. The Morgan fingerprint density at radius 1 is 1.15 bits per heavy atom. The van der Waals surface area contributed by atoms with E-state index in [9.17, 15) is 9.59 Å². The van der Waals surface area contributed by atoms with E-state index in [-0.39, 0.29) is 24.4 Å². The second kappa shape index (κ2) is 9.11. The molecule has 0 saturated heterocycles. The maximum atomic E-state index is 12.6. The first kappa shape index (κ1) is 19.5. The zero-order valence-corrected chi connectivity index (χ0v) is 16.4. The Morgan fingerprint density at radius 3 is 2.59 bits per heavy atom. The van der Waals surface area contributed by atoms with Crippen LogP contribution in [0.25, 0.3) is 0 Å². The molecule has 0 aromatic heterocycles. The van der Waals surface area contributed by atoms with Crippen molar-refractivity contribution in [3.63, 3.8) is 0 Å². The number of hydrogen-bond donors (Lipinski definition) is 1. The summed E-state index contributed by atoms with van der Waals surface area (Å²) in [7, 11) is 0. The van der Waals surface area contributed by atoms with E-state index in [2.05, 4.69) is 22.2 Å². The minimum atomic E-state index is -0.374. The van der Waals surface area contributed by atoms with Gasteiger partial charge in [-0.15, -0.1) is 0 Å². The summed E-state index contributed by atoms with van der Waals surface area (Å²) in [4.78, 5) is 35.0. The maximum absolute atomic E-state index is 12.6. The van der Waals surface area contributed by atoms with E-state index in [0.29, 0.717) is 24.0 Å². The van der Waals surface area contributed by atoms with Gasteiger partial charge in [-0.2, -0.15) is 4.99 Å². The maximum Gasteiger partial charge on any atom is 0.317 e. The fourth-order valence-corrected chi connectivity index (χ4v) is 3.97. The summed E-state index contributed by atoms with van der Waals surface area (Å²) in [6, 6.07) is -0.105. The fraction of sp³-hybridized carbons (Fsp3) is 0.619. The van der Waals surface area contributed by atoms with Gasteiger partial charge in [-0.25, -0.2) is 9.79 Å². The number of likely N-dealkylation sites (N-methyl/N-ethyl adjacent to an activating group) is 1. The quantitative estimate of drug-likeness (QED) is 0.778. The third-order valence-electron chi connectivity index (χ3n) is 5.85. The van der Waals surface area contributed by atoms with Crippen LogP contribution < -0.4 is 5.32 Å². The zero-order chi connectivity index (χ0) is 19.2. The molecule has 27 heavy (non-hydrogen) atoms. The average Bonchev–Trinajstić information content (AvgIpc) is 2.70. The SMILES string of the molecule is CCC1CCC(CNC(=O)N(CC)CC2=NC(=O)C3C=CC=CC3=N2)CC1. The van der Waals surface area contributed by atoms with Crippen LogP contribution in [-0.4, -0.2) is 48.0 Å². The number of amidine groups is 1. The Balaban J connectivity index is 1.52. The number of rotatable bonds is 6. The van der Waals surface area contributed by atoms with E-state index >= 15 is 0 Å². The van der Waals surface area contributed by atoms with Crippen molar-refractivity contribution in [1.82, 2.24) is 10.2 Å². The van der Waals surface area contributed by atoms with Crippen molar-refractivity contribution in [2.75, 3.05) is 19.6 Å². The lowest BCUT2D eigenvalue weighted by atomic mass is 9.81. The molecule has 3 rings (SSSR count). The van der Waals surface area contributed by atoms with E-state index in [1.165, 1.54) is 32.1 Å². The van der Waals surface area contributed by atoms with Crippen LogP contribution in [0.5, 0.6) is 0 Å². The van der Waals surface area contributed by atoms with Gasteiger partial charge in [-0.3, -0.25) is 4.79 Å². The van der Waals surface area contributed by atoms with Crippen molar-refractivity contribution in [1.29, 1.82) is 0 Å². The van der Waals surface area contributed by atoms with Gasteiger partial charge in [0, 0.05) is 13.1 Å². The summed E-state index contributed by atoms with van der Waals surface area (Å²) in [6.45, 7) is 5.71. The summed E-state index contributed by atoms with van der Waals surface area (Å²) in [5.74, 6) is 1.26. The molecule has 1 atom stereocenters. The molecule has 0 bridgehead atoms. The molecular weight excluding hydrogens is 340 g/mol. The number of nitrogens with one attached hydrogen (secondary N) is 1. The first-order chi connectivity index (χ1) is 13.1. The molecular formula is C21H30N4O2. The molecule has 6 heteroatoms. The number of carbonyl (C=O) groups excluding carboxylic acids is 2. The monoisotopic (exact) mass is 370 g/mol. The summed E-state index contributed by atoms with van der Waals surface area (Å²) in [5, 5.41) is 3.07. The fourth-order valence-electron chi connectivity index (χ4n) is 3.97. The molecule has 1 unspecified atom stereocenters. The second-order valence-corrected chi connectivity index (χ2v) is 7.62. The number of aliphatic imine (C=N–C) groups is 2. The van der Waals surface area contributed by atoms with E-state index < -0.39 is 0 Å². The normalized spacial score (nSPS) is 26.9. The van der Waals surface area contributed by atoms with Crippen LogP contribution in [0, 0.1) is 17.8 Å². The Labute approximate surface area is 161 Å². The topological polar surface area (TPSA) is 74.1 Å². The molecule has 6 nitrogen and oxygen atoms in total. The molecule has 0 spiro atoms. The minimum Gasteiger partial charge on any atom is -0.338 e. The Bertz CT molecular complexity index is 684. The average molecular weight is 370 g/mol. The summed E-state index contributed by atoms with van der Waals surface area (Å²) in [5.41, 5.74) is 0.705. The van der Waals surface area contributed by atoms with Crippen LogP contribution in [-0.2, 0) is 4.79 Å². The van der Waals surface area contributed by atoms with Crippen LogP contribution in [0.15, 0.2) is 34.3 Å². The first-order valence-electron chi connectivity index (χ1n) is 10.2. The summed E-state index contributed by atoms with van der Waals surface area (Å²) in [6.07, 6.45) is 13.5. The number of hydrogen-bond acceptors (Lipinski definition) is 3. The molecule has 1 N–H and O–H groups in total. The molecule has 146 valence electrons. The largest absolute Gasteiger partial charge is 0.338 e. The minimum absolute atomic E-state index is 0.105. The van der Waals surface area contributed by atoms with Crippen molar-refractivity contribution in [2.45, 2.75) is 46.0 Å². The molecule has 3 aliphatic rings. The van der Waals surface area contributed by atoms with Gasteiger partial charge in [0.2, 0.25) is 0 Å². The Hall–Kier alpha value is -2.24. The van der Waals surface area contributed by atoms with E-state index in [1.807, 2.05) is 25.2 Å². The van der Waals surface area contributed by atoms with Crippen LogP contribution >= 0.6 is 0 Å². The lowest BCUT2D eigenvalue weighted by Crippen LogP contribution is -2.45. The van der Waals surface area contributed by atoms with Gasteiger partial charge in [0.05, 0.1) is 12.3 Å². The molecule has 0 aromatic carbocycles. The molecule has 1 heterocycles. The lowest BCUT2D eigenvalue weighted by molar-refractivity contribution is -0.118. The van der Waals surface area contributed by atoms with Crippen LogP contribution in [0.1, 0.15) is 46.0 Å². The molecule has 1 aliphatic heterocycles. The third kappa shape index (κ3) is 4.93. The van der Waals surface area contributed by atoms with E-state index in [0.717, 1.165) is 12.5 Å². The molecule has 1 fully saturated rings. The van der Waals surface area contributed by atoms with E-state index in [1.54, 1.807) is 11.0 Å². The zero-order valence-electron chi connectivity index (χ0n) is 16.4. The van der Waals surface area contributed by atoms with Crippen LogP contribution in [0.3, 0.4) is 0 Å². The highest BCUT2D eigenvalue weighted by Gasteiger charge is 2.27. The standard InChI is InChI=1S/C21H30N4O2/c1-3-15-9-11-16(12-10-15)13-22-21(27)25(4-2)14-19-23-18-8-6-5-7-17(18)20(26)24-19/h5-8,15-17H,3-4,9-14H2,1-2H3,(H,22,27). The van der Waals surface area contributed by atoms with E-state index in [4.69, 9.17) is 0 Å². The van der Waals surface area contributed by atoms with Gasteiger partial charge >= 0.3 is 6.03 Å². The van der Waals surface area contributed by atoms with Crippen molar-refractivity contribution in [2.24, 2.45) is 27.7 Å². The highest BCUT2D eigenvalue weighted by Crippen LogP contribution is 2.30. The highest BCUT2D eigenvalue weighted by molar-refractivity contribution is 6.21. The molecule has 2 aliphatic carbocycles. The number of allylic oxidation sites excluding steroid dienone is 3. The lowest BCUT2D eigenvalue weighted by Gasteiger charge is -2.29. The van der Waals surface area contributed by atoms with Gasteiger partial charge in [-0.05, 0) is 37.7 Å². The van der Waals surface area contributed by atoms with Gasteiger partial charge < -0.3 is 10.2 Å². The number of amides is 3. The van der Waals surface area contributed by atoms with Crippen molar-refractivity contribution < 1.29 is 9.59 Å². The molecule has 0 aromatic rings. The third-order valence-corrected chi connectivity index (χ3v) is 5.85. The van der Waals surface area contributed by atoms with Gasteiger partial charge in [0.1, 0.15) is 5.92 Å². The summed E-state index contributed by atoms with van der Waals surface area (Å²) >= 11 is 0. The number of nitrogens with zero attached hydrogens (tertiary/aromatic N) is 3. The molecule has 1 saturated carbocycles. The number of fused-ring (bicyclic) bond motifs is 1. The van der Waals surface area contributed by atoms with Gasteiger partial charge in [0.25, 0.3) is 5.91 Å². The number of carbonyl (C=O) groups is 2. The smallest absolute Gasteiger partial charge is 0.317 e. The van der Waals surface area contributed by atoms with Crippen molar-refractivity contribution >= 4 is 23.5 Å². The van der Waals surface area contributed by atoms with Crippen LogP contribution in [0.2, 0.25) is 0 Å². The molecule has 3 amide bonds. The molecule has 0 radical (unpaired) electrons. The van der Waals surface area contributed by atoms with Gasteiger partial charge in [0.15, 0.2) is 5.84 Å². The highest BCUT2D eigenvalue weighted by atomic mass is 16.2. The van der Waals surface area contributed by atoms with Crippen LogP contribution in [0.4, 0.5) is 4.79 Å². The summed E-state index contributed by atoms with van der Waals surface area (Å²) < 4.78 is 0. The predicted octanol–water partition coefficient (Wildman–Crippen LogP) is 3.36. The van der Waals surface area contributed by atoms with Crippen molar-refractivity contribution in [3.8, 4) is 0 Å². The Kier molecular flexibility index (Phi) is 6.58. The Morgan fingerprint density at radius 2 is 1.89 bits per heavy atom. The predicted molar refractivity (Wildman–Crippen MR) is 108 cm³/mol.